The van der Waals surface area contributed by atoms with Gasteiger partial charge in [0.1, 0.15) is 11.6 Å². The third-order valence-corrected chi connectivity index (χ3v) is 4.49. The van der Waals surface area contributed by atoms with Gasteiger partial charge in [0, 0.05) is 12.3 Å². The van der Waals surface area contributed by atoms with Crippen LogP contribution in [0.5, 0.6) is 0 Å². The normalized spacial score (nSPS) is 17.3. The monoisotopic (exact) mass is 302 g/mol. The molecule has 0 saturated heterocycles. The molecule has 1 unspecified atom stereocenters. The Kier molecular flexibility index (Phi) is 4.07. The van der Waals surface area contributed by atoms with Crippen LogP contribution in [0, 0.1) is 11.7 Å². The minimum atomic E-state index is -0.469. The van der Waals surface area contributed by atoms with Crippen LogP contribution >= 0.6 is 11.6 Å². The summed E-state index contributed by atoms with van der Waals surface area (Å²) in [5.74, 6) is -0.382. The van der Waals surface area contributed by atoms with E-state index in [1.165, 1.54) is 17.2 Å². The highest BCUT2D eigenvalue weighted by molar-refractivity contribution is 6.30. The highest BCUT2D eigenvalue weighted by Crippen LogP contribution is 2.27. The largest absolute Gasteiger partial charge is 0.299 e. The highest BCUT2D eigenvalue weighted by Gasteiger charge is 2.25. The van der Waals surface area contributed by atoms with Gasteiger partial charge in [-0.05, 0) is 42.0 Å². The molecule has 0 N–H and O–H groups in total. The second-order valence-corrected chi connectivity index (χ2v) is 5.97. The molecule has 0 amide bonds. The molecule has 0 bridgehead atoms. The van der Waals surface area contributed by atoms with Crippen LogP contribution in [0.15, 0.2) is 42.5 Å². The molecule has 2 aromatic carbocycles. The van der Waals surface area contributed by atoms with E-state index < -0.39 is 5.82 Å². The second-order valence-electron chi connectivity index (χ2n) is 5.56. The van der Waals surface area contributed by atoms with Crippen molar-refractivity contribution >= 4 is 17.4 Å². The molecular weight excluding hydrogens is 287 g/mol. The maximum absolute atomic E-state index is 13.9. The fraction of sp³-hybridized carbons (Fsp3) is 0.278. The Morgan fingerprint density at radius 1 is 1.14 bits per heavy atom. The topological polar surface area (TPSA) is 17.1 Å². The van der Waals surface area contributed by atoms with Crippen molar-refractivity contribution in [2.24, 2.45) is 5.92 Å². The van der Waals surface area contributed by atoms with Crippen LogP contribution in [0.2, 0.25) is 5.02 Å². The Bertz CT molecular complexity index is 681. The van der Waals surface area contributed by atoms with Crippen molar-refractivity contribution in [2.45, 2.75) is 25.7 Å². The van der Waals surface area contributed by atoms with Crippen LogP contribution in [-0.2, 0) is 24.1 Å². The third-order valence-electron chi connectivity index (χ3n) is 4.20. The molecule has 0 spiro atoms. The zero-order chi connectivity index (χ0) is 14.8. The Balaban J connectivity index is 1.74. The lowest BCUT2D eigenvalue weighted by atomic mass is 9.80. The van der Waals surface area contributed by atoms with Crippen LogP contribution in [0.3, 0.4) is 0 Å². The summed E-state index contributed by atoms with van der Waals surface area (Å²) in [7, 11) is 0. The number of rotatable bonds is 3. The van der Waals surface area contributed by atoms with Crippen LogP contribution in [0.25, 0.3) is 0 Å². The molecule has 0 fully saturated rings. The van der Waals surface area contributed by atoms with E-state index in [1.807, 2.05) is 12.1 Å². The molecular formula is C18H16ClFO. The predicted octanol–water partition coefficient (Wildman–Crippen LogP) is 4.40. The summed E-state index contributed by atoms with van der Waals surface area (Å²) in [6, 6.07) is 13.0. The molecule has 3 heteroatoms. The van der Waals surface area contributed by atoms with Gasteiger partial charge in [0.25, 0.3) is 0 Å². The second kappa shape index (κ2) is 5.98. The van der Waals surface area contributed by atoms with Gasteiger partial charge in [-0.25, -0.2) is 4.39 Å². The van der Waals surface area contributed by atoms with E-state index in [0.717, 1.165) is 19.3 Å². The average molecular weight is 303 g/mol. The summed E-state index contributed by atoms with van der Waals surface area (Å²) in [4.78, 5) is 12.4. The quantitative estimate of drug-likeness (QED) is 0.821. The van der Waals surface area contributed by atoms with Crippen LogP contribution in [0.1, 0.15) is 23.1 Å². The zero-order valence-electron chi connectivity index (χ0n) is 11.6. The Labute approximate surface area is 128 Å². The smallest absolute Gasteiger partial charge is 0.145 e. The third kappa shape index (κ3) is 3.01. The van der Waals surface area contributed by atoms with Crippen molar-refractivity contribution in [1.82, 2.24) is 0 Å². The maximum atomic E-state index is 13.9. The number of hydrogen-bond acceptors (Lipinski definition) is 1. The number of carbonyl (C=O) groups excluding carboxylic acids is 1. The number of fused-ring (bicyclic) bond motifs is 1. The number of benzene rings is 2. The van der Waals surface area contributed by atoms with E-state index in [4.69, 9.17) is 11.6 Å². The minimum Gasteiger partial charge on any atom is -0.299 e. The van der Waals surface area contributed by atoms with E-state index in [0.29, 0.717) is 5.56 Å². The van der Waals surface area contributed by atoms with Gasteiger partial charge < -0.3 is 0 Å². The van der Waals surface area contributed by atoms with Gasteiger partial charge in [0.2, 0.25) is 0 Å². The van der Waals surface area contributed by atoms with Gasteiger partial charge in [-0.3, -0.25) is 4.79 Å². The molecule has 1 atom stereocenters. The predicted molar refractivity (Wildman–Crippen MR) is 82.1 cm³/mol. The molecule has 0 aromatic heterocycles. The van der Waals surface area contributed by atoms with Crippen molar-refractivity contribution in [3.05, 3.63) is 70.0 Å². The lowest BCUT2D eigenvalue weighted by Gasteiger charge is -2.23. The molecule has 21 heavy (non-hydrogen) atoms. The summed E-state index contributed by atoms with van der Waals surface area (Å²) in [5.41, 5.74) is 2.97. The number of carbonyl (C=O) groups is 1. The summed E-state index contributed by atoms with van der Waals surface area (Å²) in [6.07, 6.45) is 2.65. The number of aryl methyl sites for hydroxylation is 1. The number of Topliss-reactive ketones (excluding diaryl/α,β-unsaturated/α-hetero) is 1. The van der Waals surface area contributed by atoms with Gasteiger partial charge >= 0.3 is 0 Å². The van der Waals surface area contributed by atoms with E-state index in [9.17, 15) is 9.18 Å². The van der Waals surface area contributed by atoms with Gasteiger partial charge in [0.15, 0.2) is 0 Å². The minimum absolute atomic E-state index is 0.0155. The number of hydrogen-bond donors (Lipinski definition) is 0. The van der Waals surface area contributed by atoms with E-state index in [2.05, 4.69) is 12.1 Å². The van der Waals surface area contributed by atoms with E-state index in [1.54, 1.807) is 12.1 Å². The lowest BCUT2D eigenvalue weighted by Crippen LogP contribution is -2.24. The molecule has 3 rings (SSSR count). The summed E-state index contributed by atoms with van der Waals surface area (Å²) in [6.45, 7) is 0. The average Bonchev–Trinajstić information content (AvgIpc) is 2.51. The van der Waals surface area contributed by atoms with Crippen LogP contribution in [0.4, 0.5) is 4.39 Å². The fourth-order valence-electron chi connectivity index (χ4n) is 2.99. The molecule has 1 nitrogen and oxygen atoms in total. The van der Waals surface area contributed by atoms with Crippen molar-refractivity contribution < 1.29 is 9.18 Å². The van der Waals surface area contributed by atoms with Crippen molar-refractivity contribution in [3.63, 3.8) is 0 Å². The molecule has 108 valence electrons. The lowest BCUT2D eigenvalue weighted by molar-refractivity contribution is -0.122. The zero-order valence-corrected chi connectivity index (χ0v) is 12.4. The molecule has 1 aliphatic rings. The molecule has 1 aliphatic carbocycles. The molecule has 0 saturated carbocycles. The van der Waals surface area contributed by atoms with Gasteiger partial charge in [0.05, 0.1) is 5.02 Å². The van der Waals surface area contributed by atoms with Crippen molar-refractivity contribution in [1.29, 1.82) is 0 Å². The van der Waals surface area contributed by atoms with Crippen LogP contribution in [-0.4, -0.2) is 5.78 Å². The summed E-state index contributed by atoms with van der Waals surface area (Å²) < 4.78 is 13.9. The first-order valence-electron chi connectivity index (χ1n) is 7.17. The Morgan fingerprint density at radius 2 is 1.90 bits per heavy atom. The number of halogens is 2. The maximum Gasteiger partial charge on any atom is 0.145 e. The number of ketones is 1. The first kappa shape index (κ1) is 14.3. The fourth-order valence-corrected chi connectivity index (χ4v) is 3.18. The van der Waals surface area contributed by atoms with Crippen LogP contribution < -0.4 is 0 Å². The first-order chi connectivity index (χ1) is 10.1. The van der Waals surface area contributed by atoms with Gasteiger partial charge in [-0.2, -0.15) is 0 Å². The van der Waals surface area contributed by atoms with Crippen molar-refractivity contribution in [2.75, 3.05) is 0 Å². The first-order valence-corrected chi connectivity index (χ1v) is 7.55. The van der Waals surface area contributed by atoms with Crippen molar-refractivity contribution in [3.8, 4) is 0 Å². The molecule has 0 radical (unpaired) electrons. The van der Waals surface area contributed by atoms with E-state index in [-0.39, 0.29) is 23.1 Å². The SMILES string of the molecule is O=C(Cc1cccc(Cl)c1F)C1CCc2ccccc2C1. The summed E-state index contributed by atoms with van der Waals surface area (Å²) in [5, 5.41) is 0.0780. The Hall–Kier alpha value is -1.67. The van der Waals surface area contributed by atoms with Gasteiger partial charge in [-0.1, -0.05) is 48.0 Å². The Morgan fingerprint density at radius 3 is 2.71 bits per heavy atom. The molecule has 0 heterocycles. The highest BCUT2D eigenvalue weighted by atomic mass is 35.5. The molecule has 0 aliphatic heterocycles. The standard InChI is InChI=1S/C18H16ClFO/c19-16-7-3-6-15(18(16)20)11-17(21)14-9-8-12-4-1-2-5-13(12)10-14/h1-7,14H,8-11H2. The summed E-state index contributed by atoms with van der Waals surface area (Å²) >= 11 is 5.76. The molecule has 2 aromatic rings. The van der Waals surface area contributed by atoms with E-state index >= 15 is 0 Å². The van der Waals surface area contributed by atoms with Gasteiger partial charge in [-0.15, -0.1) is 0 Å².